The zero-order chi connectivity index (χ0) is 25.3. The van der Waals surface area contributed by atoms with Crippen LogP contribution in [0.15, 0.2) is 36.5 Å². The van der Waals surface area contributed by atoms with Crippen molar-refractivity contribution >= 4 is 16.8 Å². The first kappa shape index (κ1) is 24.7. The Kier molecular flexibility index (Phi) is 7.01. The molecular formula is C27H32F3N5O. The molecule has 1 amide bonds. The molecular weight excluding hydrogens is 467 g/mol. The van der Waals surface area contributed by atoms with Crippen LogP contribution in [-0.2, 0) is 25.7 Å². The minimum atomic E-state index is -4.42. The van der Waals surface area contributed by atoms with Crippen LogP contribution in [0.4, 0.5) is 13.2 Å². The van der Waals surface area contributed by atoms with Crippen molar-refractivity contribution in [3.8, 4) is 0 Å². The molecule has 0 atom stereocenters. The third-order valence-corrected chi connectivity index (χ3v) is 7.69. The summed E-state index contributed by atoms with van der Waals surface area (Å²) in [4.78, 5) is 23.5. The van der Waals surface area contributed by atoms with Crippen molar-refractivity contribution in [1.82, 2.24) is 24.8 Å². The molecule has 0 saturated heterocycles. The molecule has 2 aliphatic rings. The van der Waals surface area contributed by atoms with Crippen LogP contribution in [0.3, 0.4) is 0 Å². The highest BCUT2D eigenvalue weighted by atomic mass is 19.4. The molecule has 1 aromatic carbocycles. The van der Waals surface area contributed by atoms with E-state index in [2.05, 4.69) is 20.2 Å². The summed E-state index contributed by atoms with van der Waals surface area (Å²) in [6.07, 6.45) is 2.91. The summed E-state index contributed by atoms with van der Waals surface area (Å²) >= 11 is 0. The first-order chi connectivity index (χ1) is 17.3. The second-order valence-corrected chi connectivity index (χ2v) is 9.95. The lowest BCUT2D eigenvalue weighted by Gasteiger charge is -2.32. The lowest BCUT2D eigenvalue weighted by atomic mass is 9.84. The fraction of sp³-hybridized carbons (Fsp3) is 0.519. The molecule has 1 fully saturated rings. The smallest absolute Gasteiger partial charge is 0.349 e. The van der Waals surface area contributed by atoms with Crippen molar-refractivity contribution < 1.29 is 18.0 Å². The Hall–Kier alpha value is -2.94. The first-order valence-electron chi connectivity index (χ1n) is 12.9. The number of fused-ring (bicyclic) bond motifs is 2. The molecule has 5 rings (SSSR count). The van der Waals surface area contributed by atoms with Gasteiger partial charge in [0, 0.05) is 54.9 Å². The zero-order valence-electron chi connectivity index (χ0n) is 20.5. The molecule has 0 bridgehead atoms. The number of nitrogens with zero attached hydrogens (tertiary/aromatic N) is 4. The predicted molar refractivity (Wildman–Crippen MR) is 131 cm³/mol. The van der Waals surface area contributed by atoms with E-state index < -0.39 is 12.0 Å². The number of alkyl halides is 3. The van der Waals surface area contributed by atoms with Crippen LogP contribution >= 0.6 is 0 Å². The van der Waals surface area contributed by atoms with Gasteiger partial charge in [0.25, 0.3) is 5.91 Å². The summed E-state index contributed by atoms with van der Waals surface area (Å²) in [5.74, 6) is -0.247. The topological polar surface area (TPSA) is 63.1 Å². The van der Waals surface area contributed by atoms with Gasteiger partial charge >= 0.3 is 6.18 Å². The summed E-state index contributed by atoms with van der Waals surface area (Å²) in [5.41, 5.74) is 2.78. The minimum Gasteiger partial charge on any atom is -0.349 e. The van der Waals surface area contributed by atoms with E-state index in [0.717, 1.165) is 61.8 Å². The fourth-order valence-electron chi connectivity index (χ4n) is 5.77. The van der Waals surface area contributed by atoms with E-state index in [9.17, 15) is 18.0 Å². The Morgan fingerprint density at radius 2 is 1.94 bits per heavy atom. The number of hydrogen-bond acceptors (Lipinski definition) is 4. The van der Waals surface area contributed by atoms with Gasteiger partial charge in [0.1, 0.15) is 0 Å². The lowest BCUT2D eigenvalue weighted by Crippen LogP contribution is -2.38. The van der Waals surface area contributed by atoms with Crippen molar-refractivity contribution in [2.45, 2.75) is 70.8 Å². The van der Waals surface area contributed by atoms with Crippen molar-refractivity contribution in [2.75, 3.05) is 13.1 Å². The number of pyridine rings is 1. The molecule has 2 aromatic heterocycles. The van der Waals surface area contributed by atoms with Crippen LogP contribution in [0.1, 0.15) is 66.6 Å². The second kappa shape index (κ2) is 10.2. The average molecular weight is 500 g/mol. The van der Waals surface area contributed by atoms with Gasteiger partial charge in [-0.15, -0.1) is 0 Å². The summed E-state index contributed by atoms with van der Waals surface area (Å²) < 4.78 is 41.4. The number of carbonyl (C=O) groups excluding carboxylic acids is 1. The van der Waals surface area contributed by atoms with Gasteiger partial charge in [0.15, 0.2) is 0 Å². The van der Waals surface area contributed by atoms with Gasteiger partial charge in [-0.2, -0.15) is 13.2 Å². The molecule has 192 valence electrons. The predicted octanol–water partition coefficient (Wildman–Crippen LogP) is 5.21. The maximum atomic E-state index is 13.4. The van der Waals surface area contributed by atoms with Gasteiger partial charge in [-0.1, -0.05) is 12.1 Å². The van der Waals surface area contributed by atoms with Gasteiger partial charge in [-0.05, 0) is 69.7 Å². The number of carbonyl (C=O) groups is 1. The Morgan fingerprint density at radius 3 is 2.69 bits per heavy atom. The molecule has 1 saturated carbocycles. The molecule has 1 N–H and O–H groups in total. The van der Waals surface area contributed by atoms with E-state index in [1.807, 2.05) is 30.3 Å². The molecule has 36 heavy (non-hydrogen) atoms. The van der Waals surface area contributed by atoms with Crippen molar-refractivity contribution in [3.63, 3.8) is 0 Å². The van der Waals surface area contributed by atoms with Crippen LogP contribution in [0.25, 0.3) is 10.9 Å². The summed E-state index contributed by atoms with van der Waals surface area (Å²) in [6.45, 7) is 4.14. The van der Waals surface area contributed by atoms with Gasteiger partial charge in [0.2, 0.25) is 5.82 Å². The van der Waals surface area contributed by atoms with Crippen molar-refractivity contribution in [3.05, 3.63) is 59.3 Å². The fourth-order valence-corrected chi connectivity index (χ4v) is 5.77. The van der Waals surface area contributed by atoms with E-state index in [0.29, 0.717) is 30.1 Å². The highest BCUT2D eigenvalue weighted by Gasteiger charge is 2.39. The highest BCUT2D eigenvalue weighted by molar-refractivity contribution is 6.06. The van der Waals surface area contributed by atoms with E-state index >= 15 is 0 Å². The van der Waals surface area contributed by atoms with Gasteiger partial charge < -0.3 is 9.88 Å². The minimum absolute atomic E-state index is 0.0501. The first-order valence-corrected chi connectivity index (χ1v) is 12.9. The standard InChI is InChI=1S/C27H32F3N5O/c1-2-35-24-13-16-34(17-23(24)33-26(35)27(28,29)30)15-12-18-8-10-19(11-9-18)32-25(36)21-5-3-7-22-20(21)6-4-14-31-22/h3-7,14,18-19H,2,8-13,15-17H2,1H3,(H,32,36). The molecule has 0 radical (unpaired) electrons. The molecule has 9 heteroatoms. The van der Waals surface area contributed by atoms with Crippen molar-refractivity contribution in [1.29, 1.82) is 0 Å². The lowest BCUT2D eigenvalue weighted by molar-refractivity contribution is -0.147. The number of benzene rings is 1. The van der Waals surface area contributed by atoms with Crippen LogP contribution < -0.4 is 5.32 Å². The van der Waals surface area contributed by atoms with Crippen LogP contribution in [0.5, 0.6) is 0 Å². The summed E-state index contributed by atoms with van der Waals surface area (Å²) in [5, 5.41) is 4.07. The number of amides is 1. The van der Waals surface area contributed by atoms with Crippen LogP contribution in [-0.4, -0.2) is 44.5 Å². The molecule has 0 spiro atoms. The SMILES string of the molecule is CCn1c(C(F)(F)F)nc2c1CCN(CCC1CCC(NC(=O)c3cccc4ncccc34)CC1)C2. The summed E-state index contributed by atoms with van der Waals surface area (Å²) in [6, 6.07) is 9.55. The average Bonchev–Trinajstić information content (AvgIpc) is 3.26. The molecule has 3 aromatic rings. The number of imidazole rings is 1. The van der Waals surface area contributed by atoms with E-state index in [1.165, 1.54) is 4.57 Å². The van der Waals surface area contributed by atoms with Gasteiger partial charge in [0.05, 0.1) is 11.2 Å². The number of nitrogens with one attached hydrogen (secondary N) is 1. The summed E-state index contributed by atoms with van der Waals surface area (Å²) in [7, 11) is 0. The number of aromatic nitrogens is 3. The Balaban J connectivity index is 1.11. The van der Waals surface area contributed by atoms with Gasteiger partial charge in [-0.3, -0.25) is 14.7 Å². The molecule has 1 aliphatic carbocycles. The third kappa shape index (κ3) is 5.12. The van der Waals surface area contributed by atoms with Crippen LogP contribution in [0, 0.1) is 5.92 Å². The van der Waals surface area contributed by atoms with E-state index in [4.69, 9.17) is 0 Å². The third-order valence-electron chi connectivity index (χ3n) is 7.69. The second-order valence-electron chi connectivity index (χ2n) is 9.95. The van der Waals surface area contributed by atoms with Crippen molar-refractivity contribution in [2.24, 2.45) is 5.92 Å². The van der Waals surface area contributed by atoms with Crippen LogP contribution in [0.2, 0.25) is 0 Å². The number of halogens is 3. The maximum Gasteiger partial charge on any atom is 0.449 e. The van der Waals surface area contributed by atoms with E-state index in [1.54, 1.807) is 13.1 Å². The Morgan fingerprint density at radius 1 is 1.14 bits per heavy atom. The van der Waals surface area contributed by atoms with Gasteiger partial charge in [-0.25, -0.2) is 4.98 Å². The number of hydrogen-bond donors (Lipinski definition) is 1. The Labute approximate surface area is 208 Å². The molecule has 1 aliphatic heterocycles. The monoisotopic (exact) mass is 499 g/mol. The zero-order valence-corrected chi connectivity index (χ0v) is 20.5. The van der Waals surface area contributed by atoms with E-state index in [-0.39, 0.29) is 18.5 Å². The Bertz CT molecular complexity index is 1220. The molecule has 6 nitrogen and oxygen atoms in total. The maximum absolute atomic E-state index is 13.4. The molecule has 3 heterocycles. The molecule has 0 unspecified atom stereocenters. The quantitative estimate of drug-likeness (QED) is 0.506. The highest BCUT2D eigenvalue weighted by Crippen LogP contribution is 2.33. The normalized spacial score (nSPS) is 20.9. The number of rotatable bonds is 6. The largest absolute Gasteiger partial charge is 0.449 e.